The van der Waals surface area contributed by atoms with E-state index in [4.69, 9.17) is 0 Å². The molecule has 1 atom stereocenters. The van der Waals surface area contributed by atoms with E-state index >= 15 is 0 Å². The van der Waals surface area contributed by atoms with Crippen molar-refractivity contribution in [2.45, 2.75) is 12.5 Å². The Labute approximate surface area is 168 Å². The zero-order chi connectivity index (χ0) is 20.2. The lowest BCUT2D eigenvalue weighted by molar-refractivity contribution is 0.0931. The molecule has 0 saturated carbocycles. The maximum absolute atomic E-state index is 13.2. The van der Waals surface area contributed by atoms with Gasteiger partial charge < -0.3 is 5.32 Å². The maximum atomic E-state index is 13.2. The highest BCUT2D eigenvalue weighted by molar-refractivity contribution is 6.04. The monoisotopic (exact) mass is 383 g/mol. The number of amides is 1. The average molecular weight is 383 g/mol. The first-order valence-corrected chi connectivity index (χ1v) is 9.49. The number of benzene rings is 3. The number of aryl methyl sites for hydroxylation is 1. The van der Waals surface area contributed by atoms with Gasteiger partial charge in [-0.2, -0.15) is 5.10 Å². The number of hydrogen-bond donors (Lipinski definition) is 1. The van der Waals surface area contributed by atoms with Crippen LogP contribution in [0.15, 0.2) is 89.7 Å². The van der Waals surface area contributed by atoms with Gasteiger partial charge in [-0.15, -0.1) is 0 Å². The summed E-state index contributed by atoms with van der Waals surface area (Å²) < 4.78 is 1.21. The van der Waals surface area contributed by atoms with Crippen molar-refractivity contribution in [3.05, 3.63) is 112 Å². The van der Waals surface area contributed by atoms with Gasteiger partial charge in [0.05, 0.1) is 11.4 Å². The van der Waals surface area contributed by atoms with Gasteiger partial charge in [-0.25, -0.2) is 4.68 Å². The molecule has 144 valence electrons. The number of nitrogens with zero attached hydrogens (tertiary/aromatic N) is 2. The Bertz CT molecular complexity index is 1200. The molecule has 1 N–H and O–H groups in total. The van der Waals surface area contributed by atoms with Gasteiger partial charge >= 0.3 is 0 Å². The van der Waals surface area contributed by atoms with Crippen molar-refractivity contribution in [3.8, 4) is 0 Å². The van der Waals surface area contributed by atoms with Crippen LogP contribution in [0, 0.1) is 0 Å². The average Bonchev–Trinajstić information content (AvgIpc) is 2.77. The van der Waals surface area contributed by atoms with Crippen LogP contribution in [0.1, 0.15) is 27.7 Å². The van der Waals surface area contributed by atoms with E-state index in [1.165, 1.54) is 4.68 Å². The third-order valence-electron chi connectivity index (χ3n) is 4.96. The molecular weight excluding hydrogens is 362 g/mol. The molecule has 0 bridgehead atoms. The van der Waals surface area contributed by atoms with Crippen LogP contribution in [0.3, 0.4) is 0 Å². The molecule has 0 unspecified atom stereocenters. The van der Waals surface area contributed by atoms with Crippen LogP contribution in [-0.4, -0.2) is 15.7 Å². The summed E-state index contributed by atoms with van der Waals surface area (Å²) in [6.45, 7) is 0. The lowest BCUT2D eigenvalue weighted by Gasteiger charge is -2.20. The number of nitrogens with one attached hydrogen (secondary N) is 1. The third kappa shape index (κ3) is 3.94. The Morgan fingerprint density at radius 1 is 0.897 bits per heavy atom. The summed E-state index contributed by atoms with van der Waals surface area (Å²) in [7, 11) is 1.56. The van der Waals surface area contributed by atoms with E-state index in [1.54, 1.807) is 31.3 Å². The van der Waals surface area contributed by atoms with Crippen LogP contribution in [-0.2, 0) is 13.5 Å². The van der Waals surface area contributed by atoms with Gasteiger partial charge in [0.2, 0.25) is 0 Å². The summed E-state index contributed by atoms with van der Waals surface area (Å²) in [4.78, 5) is 25.6. The molecule has 5 heteroatoms. The molecule has 0 saturated heterocycles. The minimum atomic E-state index is -0.304. The smallest absolute Gasteiger partial charge is 0.274 e. The molecule has 0 fully saturated rings. The number of fused-ring (bicyclic) bond motifs is 1. The number of carbonyl (C=O) groups excluding carboxylic acids is 1. The maximum Gasteiger partial charge on any atom is 0.274 e. The normalized spacial score (nSPS) is 11.9. The third-order valence-corrected chi connectivity index (χ3v) is 4.96. The van der Waals surface area contributed by atoms with Gasteiger partial charge in [-0.1, -0.05) is 78.9 Å². The summed E-state index contributed by atoms with van der Waals surface area (Å²) in [5.74, 6) is -0.304. The number of rotatable bonds is 5. The van der Waals surface area contributed by atoms with Crippen LogP contribution >= 0.6 is 0 Å². The van der Waals surface area contributed by atoms with Gasteiger partial charge in [0, 0.05) is 12.4 Å². The second-order valence-electron chi connectivity index (χ2n) is 6.95. The van der Waals surface area contributed by atoms with Crippen molar-refractivity contribution in [2.24, 2.45) is 7.05 Å². The quantitative estimate of drug-likeness (QED) is 0.572. The van der Waals surface area contributed by atoms with Crippen molar-refractivity contribution in [1.29, 1.82) is 0 Å². The Morgan fingerprint density at radius 3 is 2.17 bits per heavy atom. The molecule has 4 rings (SSSR count). The summed E-state index contributed by atoms with van der Waals surface area (Å²) in [5.41, 5.74) is 2.16. The van der Waals surface area contributed by atoms with Gasteiger partial charge in [-0.3, -0.25) is 9.59 Å². The SMILES string of the molecule is Cn1nc(C(=O)N[C@@H](Cc2ccccc2)c2ccccc2)c2ccccc2c1=O. The second kappa shape index (κ2) is 8.10. The molecular formula is C24H21N3O2. The topological polar surface area (TPSA) is 64.0 Å². The highest BCUT2D eigenvalue weighted by atomic mass is 16.2. The zero-order valence-corrected chi connectivity index (χ0v) is 16.1. The predicted molar refractivity (Wildman–Crippen MR) is 114 cm³/mol. The minimum absolute atomic E-state index is 0.219. The molecule has 0 spiro atoms. The van der Waals surface area contributed by atoms with E-state index in [1.807, 2.05) is 60.7 Å². The minimum Gasteiger partial charge on any atom is -0.343 e. The molecule has 1 heterocycles. The van der Waals surface area contributed by atoms with Crippen molar-refractivity contribution < 1.29 is 4.79 Å². The molecule has 0 radical (unpaired) electrons. The molecule has 0 aliphatic heterocycles. The van der Waals surface area contributed by atoms with E-state index in [0.717, 1.165) is 11.1 Å². The van der Waals surface area contributed by atoms with Crippen LogP contribution < -0.4 is 10.9 Å². The molecule has 5 nitrogen and oxygen atoms in total. The van der Waals surface area contributed by atoms with Gasteiger partial charge in [0.25, 0.3) is 11.5 Å². The standard InChI is InChI=1S/C24H21N3O2/c1-27-24(29)20-15-9-8-14-19(20)22(26-27)23(28)25-21(18-12-6-3-7-13-18)16-17-10-4-2-5-11-17/h2-15,21H,16H2,1H3,(H,25,28)/t21-/m0/s1. The lowest BCUT2D eigenvalue weighted by Crippen LogP contribution is -2.33. The summed E-state index contributed by atoms with van der Waals surface area (Å²) in [6.07, 6.45) is 0.653. The van der Waals surface area contributed by atoms with Crippen LogP contribution in [0.4, 0.5) is 0 Å². The highest BCUT2D eigenvalue weighted by Crippen LogP contribution is 2.20. The van der Waals surface area contributed by atoms with Gasteiger partial charge in [0.1, 0.15) is 0 Å². The van der Waals surface area contributed by atoms with Gasteiger partial charge in [-0.05, 0) is 23.6 Å². The molecule has 1 amide bonds. The largest absolute Gasteiger partial charge is 0.343 e. The Morgan fingerprint density at radius 2 is 1.48 bits per heavy atom. The summed E-state index contributed by atoms with van der Waals surface area (Å²) >= 11 is 0. The zero-order valence-electron chi connectivity index (χ0n) is 16.1. The van der Waals surface area contributed by atoms with Crippen LogP contribution in [0.5, 0.6) is 0 Å². The Balaban J connectivity index is 1.71. The van der Waals surface area contributed by atoms with Gasteiger partial charge in [0.15, 0.2) is 5.69 Å². The number of hydrogen-bond acceptors (Lipinski definition) is 3. The summed E-state index contributed by atoms with van der Waals surface area (Å²) in [5, 5.41) is 8.40. The molecule has 0 aliphatic rings. The van der Waals surface area contributed by atoms with E-state index in [9.17, 15) is 9.59 Å². The Hall–Kier alpha value is -3.73. The molecule has 4 aromatic rings. The van der Waals surface area contributed by atoms with Crippen molar-refractivity contribution in [3.63, 3.8) is 0 Å². The first-order valence-electron chi connectivity index (χ1n) is 9.49. The fourth-order valence-electron chi connectivity index (χ4n) is 3.48. The lowest BCUT2D eigenvalue weighted by atomic mass is 9.98. The van der Waals surface area contributed by atoms with Crippen molar-refractivity contribution in [2.75, 3.05) is 0 Å². The van der Waals surface area contributed by atoms with Crippen molar-refractivity contribution >= 4 is 16.7 Å². The first kappa shape index (κ1) is 18.6. The molecule has 0 aliphatic carbocycles. The molecule has 3 aromatic carbocycles. The number of aromatic nitrogens is 2. The van der Waals surface area contributed by atoms with E-state index in [2.05, 4.69) is 10.4 Å². The van der Waals surface area contributed by atoms with E-state index in [-0.39, 0.29) is 23.2 Å². The fraction of sp³-hybridized carbons (Fsp3) is 0.125. The predicted octanol–water partition coefficient (Wildman–Crippen LogP) is 3.65. The molecule has 1 aromatic heterocycles. The number of carbonyl (C=O) groups is 1. The second-order valence-corrected chi connectivity index (χ2v) is 6.95. The summed E-state index contributed by atoms with van der Waals surface area (Å²) in [6, 6.07) is 26.7. The highest BCUT2D eigenvalue weighted by Gasteiger charge is 2.20. The molecule has 29 heavy (non-hydrogen) atoms. The van der Waals surface area contributed by atoms with E-state index < -0.39 is 0 Å². The van der Waals surface area contributed by atoms with E-state index in [0.29, 0.717) is 17.2 Å². The van der Waals surface area contributed by atoms with Crippen LogP contribution in [0.2, 0.25) is 0 Å². The Kier molecular flexibility index (Phi) is 5.20. The first-order chi connectivity index (χ1) is 14.1. The van der Waals surface area contributed by atoms with Crippen molar-refractivity contribution in [1.82, 2.24) is 15.1 Å². The van der Waals surface area contributed by atoms with Crippen LogP contribution in [0.25, 0.3) is 10.8 Å². The fourth-order valence-corrected chi connectivity index (χ4v) is 3.48.